The molecule has 0 N–H and O–H groups in total. The topological polar surface area (TPSA) is 36.9 Å². The molecule has 1 rings (SSSR count). The number of benzene rings is 1. The van der Waals surface area contributed by atoms with E-state index in [0.717, 1.165) is 0 Å². The van der Waals surface area contributed by atoms with Crippen molar-refractivity contribution in [1.29, 1.82) is 0 Å². The number of ether oxygens (including phenoxy) is 4. The van der Waals surface area contributed by atoms with E-state index >= 15 is 0 Å². The molecule has 0 spiro atoms. The summed E-state index contributed by atoms with van der Waals surface area (Å²) in [5.74, 6) is 1.81. The van der Waals surface area contributed by atoms with Crippen LogP contribution in [0, 0.1) is 0 Å². The fourth-order valence-corrected chi connectivity index (χ4v) is 2.75. The monoisotopic (exact) mass is 298 g/mol. The average molecular weight is 299 g/mol. The zero-order valence-corrected chi connectivity index (χ0v) is 12.3. The van der Waals surface area contributed by atoms with E-state index in [-0.39, 0.29) is 0 Å². The molecule has 0 unspecified atom stereocenters. The minimum atomic E-state index is -1.38. The van der Waals surface area contributed by atoms with E-state index < -0.39 is 6.63 Å². The lowest BCUT2D eigenvalue weighted by molar-refractivity contribution is 0.307. The lowest BCUT2D eigenvalue weighted by Gasteiger charge is -2.18. The van der Waals surface area contributed by atoms with Crippen molar-refractivity contribution in [2.45, 2.75) is 0 Å². The van der Waals surface area contributed by atoms with Crippen molar-refractivity contribution in [3.05, 3.63) is 6.07 Å². The van der Waals surface area contributed by atoms with Crippen molar-refractivity contribution in [1.82, 2.24) is 0 Å². The maximum atomic E-state index is 5.94. The molecule has 0 atom stereocenters. The molecule has 0 radical (unpaired) electrons. The second-order valence-electron chi connectivity index (χ2n) is 2.93. The summed E-state index contributed by atoms with van der Waals surface area (Å²) in [6.45, 7) is -1.38. The molecule has 0 aliphatic heterocycles. The quantitative estimate of drug-likeness (QED) is 0.783. The second kappa shape index (κ2) is 6.39. The molecule has 0 saturated heterocycles. The Kier molecular flexibility index (Phi) is 5.44. The van der Waals surface area contributed by atoms with Crippen LogP contribution in [0.5, 0.6) is 23.0 Å². The molecule has 0 aliphatic rings. The van der Waals surface area contributed by atoms with Gasteiger partial charge in [0.1, 0.15) is 6.63 Å². The van der Waals surface area contributed by atoms with Crippen molar-refractivity contribution in [3.8, 4) is 23.0 Å². The largest absolute Gasteiger partial charge is 0.493 e. The summed E-state index contributed by atoms with van der Waals surface area (Å²) in [6.07, 6.45) is 0. The highest BCUT2D eigenvalue weighted by atomic mass is 35.9. The highest BCUT2D eigenvalue weighted by Gasteiger charge is 2.24. The van der Waals surface area contributed by atoms with Crippen molar-refractivity contribution in [2.75, 3.05) is 28.4 Å². The number of methoxy groups -OCH3 is 4. The first-order valence-electron chi connectivity index (χ1n) is 4.59. The Hall–Kier alpha value is -0.570. The van der Waals surface area contributed by atoms with Gasteiger partial charge in [0.05, 0.1) is 33.7 Å². The van der Waals surface area contributed by atoms with Gasteiger partial charge >= 0.3 is 0 Å². The molecule has 0 aliphatic carbocycles. The second-order valence-corrected chi connectivity index (χ2v) is 6.43. The van der Waals surface area contributed by atoms with Crippen LogP contribution in [0.4, 0.5) is 0 Å². The van der Waals surface area contributed by atoms with Crippen LogP contribution in [-0.2, 0) is 0 Å². The van der Waals surface area contributed by atoms with Crippen LogP contribution in [0.3, 0.4) is 0 Å². The van der Waals surface area contributed by atoms with Gasteiger partial charge in [0.25, 0.3) is 0 Å². The van der Waals surface area contributed by atoms with Gasteiger partial charge in [-0.25, -0.2) is 0 Å². The minimum absolute atomic E-state index is 0.415. The maximum absolute atomic E-state index is 5.94. The van der Waals surface area contributed by atoms with Crippen LogP contribution < -0.4 is 24.3 Å². The van der Waals surface area contributed by atoms with Gasteiger partial charge in [-0.1, -0.05) is 22.5 Å². The smallest absolute Gasteiger partial charge is 0.208 e. The van der Waals surface area contributed by atoms with Crippen LogP contribution in [0.25, 0.3) is 0 Å². The Morgan fingerprint density at radius 1 is 0.824 bits per heavy atom. The fourth-order valence-electron chi connectivity index (χ4n) is 1.44. The van der Waals surface area contributed by atoms with E-state index in [1.165, 1.54) is 28.4 Å². The van der Waals surface area contributed by atoms with Gasteiger partial charge in [0, 0.05) is 0 Å². The van der Waals surface area contributed by atoms with Gasteiger partial charge < -0.3 is 18.9 Å². The average Bonchev–Trinajstić information content (AvgIpc) is 2.35. The first-order chi connectivity index (χ1) is 8.10. The van der Waals surface area contributed by atoms with Crippen LogP contribution in [0.15, 0.2) is 6.07 Å². The summed E-state index contributed by atoms with van der Waals surface area (Å²) in [4.78, 5) is 0. The molecule has 1 aromatic carbocycles. The molecule has 0 heterocycles. The molecule has 17 heavy (non-hydrogen) atoms. The normalized spacial score (nSPS) is 10.3. The predicted octanol–water partition coefficient (Wildman–Crippen LogP) is 3.14. The first kappa shape index (κ1) is 14.5. The van der Waals surface area contributed by atoms with Gasteiger partial charge in [0.15, 0.2) is 11.5 Å². The molecule has 0 fully saturated rings. The van der Waals surface area contributed by atoms with Crippen molar-refractivity contribution in [3.63, 3.8) is 0 Å². The molecular weight excluding hydrogens is 286 g/mol. The first-order valence-corrected chi connectivity index (χ1v) is 7.74. The summed E-state index contributed by atoms with van der Waals surface area (Å²) in [5.41, 5.74) is 0. The van der Waals surface area contributed by atoms with E-state index in [4.69, 9.17) is 41.4 Å². The summed E-state index contributed by atoms with van der Waals surface area (Å²) in [7, 11) is 6.07. The molecule has 96 valence electrons. The maximum Gasteiger partial charge on any atom is 0.208 e. The lowest BCUT2D eigenvalue weighted by Crippen LogP contribution is -2.07. The zero-order valence-electron chi connectivity index (χ0n) is 9.91. The van der Waals surface area contributed by atoms with E-state index in [1.807, 2.05) is 0 Å². The van der Waals surface area contributed by atoms with Gasteiger partial charge in [-0.05, 0) is 6.07 Å². The zero-order chi connectivity index (χ0) is 13.0. The van der Waals surface area contributed by atoms with Gasteiger partial charge in [-0.2, -0.15) is 0 Å². The Morgan fingerprint density at radius 2 is 1.35 bits per heavy atom. The molecule has 4 nitrogen and oxygen atoms in total. The molecule has 0 amide bonds. The van der Waals surface area contributed by atoms with E-state index in [9.17, 15) is 0 Å². The summed E-state index contributed by atoms with van der Waals surface area (Å²) < 4.78 is 20.9. The van der Waals surface area contributed by atoms with Crippen molar-refractivity contribution >= 4 is 34.4 Å². The minimum Gasteiger partial charge on any atom is -0.493 e. The van der Waals surface area contributed by atoms with Crippen LogP contribution in [0.2, 0.25) is 0 Å². The van der Waals surface area contributed by atoms with E-state index in [2.05, 4.69) is 0 Å². The molecule has 0 bridgehead atoms. The third kappa shape index (κ3) is 2.82. The van der Waals surface area contributed by atoms with E-state index in [0.29, 0.717) is 28.3 Å². The Balaban J connectivity index is 3.54. The Bertz CT molecular complexity index is 398. The number of hydrogen-bond donors (Lipinski definition) is 0. The Labute approximate surface area is 111 Å². The third-order valence-electron chi connectivity index (χ3n) is 2.15. The van der Waals surface area contributed by atoms with Gasteiger partial charge in [0.2, 0.25) is 11.5 Å². The van der Waals surface area contributed by atoms with Gasteiger partial charge in [-0.15, -0.1) is 0 Å². The summed E-state index contributed by atoms with van der Waals surface area (Å²) in [6, 6.07) is 1.69. The van der Waals surface area contributed by atoms with Gasteiger partial charge in [-0.3, -0.25) is 0 Å². The molecular formula is C10H13Cl2O4P. The Morgan fingerprint density at radius 3 is 1.71 bits per heavy atom. The molecule has 1 aromatic rings. The summed E-state index contributed by atoms with van der Waals surface area (Å²) in [5, 5.41) is 0.625. The van der Waals surface area contributed by atoms with Crippen molar-refractivity contribution < 1.29 is 18.9 Å². The van der Waals surface area contributed by atoms with E-state index in [1.54, 1.807) is 6.07 Å². The van der Waals surface area contributed by atoms with Crippen LogP contribution in [-0.4, -0.2) is 28.4 Å². The number of rotatable bonds is 5. The third-order valence-corrected chi connectivity index (χ3v) is 3.94. The summed E-state index contributed by atoms with van der Waals surface area (Å²) >= 11 is 11.9. The highest BCUT2D eigenvalue weighted by Crippen LogP contribution is 2.53. The van der Waals surface area contributed by atoms with Crippen molar-refractivity contribution in [2.24, 2.45) is 0 Å². The SMILES string of the molecule is COc1cc(P(Cl)Cl)c(OC)c(OC)c1OC. The van der Waals surface area contributed by atoms with Crippen LogP contribution >= 0.6 is 29.1 Å². The lowest BCUT2D eigenvalue weighted by atomic mass is 10.2. The fraction of sp³-hybridized carbons (Fsp3) is 0.400. The van der Waals surface area contributed by atoms with Crippen LogP contribution in [0.1, 0.15) is 0 Å². The number of hydrogen-bond acceptors (Lipinski definition) is 4. The molecule has 7 heteroatoms. The molecule has 0 saturated carbocycles. The highest BCUT2D eigenvalue weighted by molar-refractivity contribution is 8.09. The molecule has 0 aromatic heterocycles. The number of halogens is 2. The standard InChI is InChI=1S/C10H13Cl2O4P/c1-13-6-5-7(17(11)12)9(15-3)10(16-4)8(6)14-2/h5H,1-4H3. The predicted molar refractivity (Wildman–Crippen MR) is 70.9 cm³/mol.